The van der Waals surface area contributed by atoms with Crippen molar-refractivity contribution in [3.8, 4) is 17.4 Å². The molecule has 1 unspecified atom stereocenters. The molecule has 1 fully saturated rings. The molecule has 2 aromatic rings. The highest BCUT2D eigenvalue weighted by atomic mass is 35.5. The van der Waals surface area contributed by atoms with E-state index in [1.54, 1.807) is 37.4 Å². The number of carbonyl (C=O) groups is 2. The van der Waals surface area contributed by atoms with Crippen molar-refractivity contribution in [2.45, 2.75) is 18.9 Å². The van der Waals surface area contributed by atoms with E-state index in [9.17, 15) is 9.59 Å². The van der Waals surface area contributed by atoms with E-state index in [0.717, 1.165) is 0 Å². The van der Waals surface area contributed by atoms with Crippen LogP contribution in [-0.2, 0) is 9.59 Å². The molecule has 136 valence electrons. The molecule has 0 radical (unpaired) electrons. The molecular formula is C18H18ClN3O4. The quantitative estimate of drug-likeness (QED) is 0.868. The van der Waals surface area contributed by atoms with E-state index >= 15 is 0 Å². The molecule has 8 heteroatoms. The predicted molar refractivity (Wildman–Crippen MR) is 96.7 cm³/mol. The highest BCUT2D eigenvalue weighted by molar-refractivity contribution is 6.30. The first-order chi connectivity index (χ1) is 12.5. The van der Waals surface area contributed by atoms with Gasteiger partial charge in [-0.05, 0) is 24.6 Å². The third-order valence-electron chi connectivity index (χ3n) is 4.15. The molecule has 1 atom stereocenters. The Morgan fingerprint density at radius 3 is 2.77 bits per heavy atom. The first-order valence-electron chi connectivity index (χ1n) is 8.02. The SMILES string of the molecule is COc1ccc(Oc2ccc(Cl)cn2)cc1NC(=O)C1CCC(=O)N1C. The highest BCUT2D eigenvalue weighted by Gasteiger charge is 2.33. The van der Waals surface area contributed by atoms with Gasteiger partial charge in [-0.1, -0.05) is 11.6 Å². The van der Waals surface area contributed by atoms with Gasteiger partial charge in [0.05, 0.1) is 17.8 Å². The van der Waals surface area contributed by atoms with Crippen molar-refractivity contribution < 1.29 is 19.1 Å². The second-order valence-corrected chi connectivity index (χ2v) is 6.26. The predicted octanol–water partition coefficient (Wildman–Crippen LogP) is 3.10. The first-order valence-corrected chi connectivity index (χ1v) is 8.39. The van der Waals surface area contributed by atoms with Crippen molar-refractivity contribution in [3.63, 3.8) is 0 Å². The first kappa shape index (κ1) is 18.0. The van der Waals surface area contributed by atoms with Crippen LogP contribution in [0.25, 0.3) is 0 Å². The lowest BCUT2D eigenvalue weighted by Crippen LogP contribution is -2.38. The number of amides is 2. The summed E-state index contributed by atoms with van der Waals surface area (Å²) in [4.78, 5) is 29.7. The fourth-order valence-corrected chi connectivity index (χ4v) is 2.83. The van der Waals surface area contributed by atoms with Gasteiger partial charge in [0, 0.05) is 31.8 Å². The van der Waals surface area contributed by atoms with Crippen molar-refractivity contribution >= 4 is 29.1 Å². The number of pyridine rings is 1. The fourth-order valence-electron chi connectivity index (χ4n) is 2.72. The molecule has 26 heavy (non-hydrogen) atoms. The summed E-state index contributed by atoms with van der Waals surface area (Å²) < 4.78 is 11.0. The van der Waals surface area contributed by atoms with Gasteiger partial charge in [-0.2, -0.15) is 0 Å². The van der Waals surface area contributed by atoms with Crippen molar-refractivity contribution in [1.29, 1.82) is 0 Å². The van der Waals surface area contributed by atoms with Crippen LogP contribution < -0.4 is 14.8 Å². The molecule has 0 aliphatic carbocycles. The minimum atomic E-state index is -0.491. The Bertz CT molecular complexity index is 826. The number of nitrogens with zero attached hydrogens (tertiary/aromatic N) is 2. The van der Waals surface area contributed by atoms with E-state index < -0.39 is 6.04 Å². The molecule has 3 rings (SSSR count). The number of rotatable bonds is 5. The van der Waals surface area contributed by atoms with Gasteiger partial charge in [-0.25, -0.2) is 4.98 Å². The van der Waals surface area contributed by atoms with Crippen LogP contribution in [0.15, 0.2) is 36.5 Å². The molecule has 1 aromatic carbocycles. The van der Waals surface area contributed by atoms with Gasteiger partial charge in [-0.3, -0.25) is 9.59 Å². The van der Waals surface area contributed by atoms with Gasteiger partial charge < -0.3 is 19.7 Å². The molecule has 1 aliphatic heterocycles. The number of aromatic nitrogens is 1. The summed E-state index contributed by atoms with van der Waals surface area (Å²) in [6, 6.07) is 7.85. The van der Waals surface area contributed by atoms with Crippen LogP contribution >= 0.6 is 11.6 Å². The number of hydrogen-bond donors (Lipinski definition) is 1. The normalized spacial score (nSPS) is 16.5. The van der Waals surface area contributed by atoms with Crippen LogP contribution in [0.2, 0.25) is 5.02 Å². The van der Waals surface area contributed by atoms with Gasteiger partial charge in [0.2, 0.25) is 17.7 Å². The molecule has 1 aliphatic rings. The van der Waals surface area contributed by atoms with Gasteiger partial charge >= 0.3 is 0 Å². The molecule has 1 N–H and O–H groups in total. The maximum absolute atomic E-state index is 12.5. The van der Waals surface area contributed by atoms with E-state index in [-0.39, 0.29) is 11.8 Å². The van der Waals surface area contributed by atoms with Crippen molar-refractivity contribution in [2.75, 3.05) is 19.5 Å². The number of carbonyl (C=O) groups excluding carboxylic acids is 2. The molecule has 2 amide bonds. The van der Waals surface area contributed by atoms with E-state index in [1.165, 1.54) is 18.2 Å². The number of nitrogens with one attached hydrogen (secondary N) is 1. The van der Waals surface area contributed by atoms with Crippen LogP contribution in [-0.4, -0.2) is 41.9 Å². The van der Waals surface area contributed by atoms with E-state index in [2.05, 4.69) is 10.3 Å². The average molecular weight is 376 g/mol. The van der Waals surface area contributed by atoms with Crippen LogP contribution in [0.4, 0.5) is 5.69 Å². The Hall–Kier alpha value is -2.80. The maximum Gasteiger partial charge on any atom is 0.247 e. The zero-order valence-corrected chi connectivity index (χ0v) is 15.1. The number of likely N-dealkylation sites (tertiary alicyclic amines) is 1. The lowest BCUT2D eigenvalue weighted by Gasteiger charge is -2.20. The summed E-state index contributed by atoms with van der Waals surface area (Å²) >= 11 is 5.81. The minimum Gasteiger partial charge on any atom is -0.495 e. The second kappa shape index (κ2) is 7.61. The highest BCUT2D eigenvalue weighted by Crippen LogP contribution is 2.32. The Labute approximate surface area is 155 Å². The van der Waals surface area contributed by atoms with E-state index in [4.69, 9.17) is 21.1 Å². The number of benzene rings is 1. The zero-order valence-electron chi connectivity index (χ0n) is 14.4. The summed E-state index contributed by atoms with van der Waals surface area (Å²) in [7, 11) is 3.14. The van der Waals surface area contributed by atoms with Gasteiger partial charge in [-0.15, -0.1) is 0 Å². The summed E-state index contributed by atoms with van der Waals surface area (Å²) in [6.45, 7) is 0. The third-order valence-corrected chi connectivity index (χ3v) is 4.37. The molecule has 1 saturated heterocycles. The lowest BCUT2D eigenvalue weighted by molar-refractivity contribution is -0.131. The summed E-state index contributed by atoms with van der Waals surface area (Å²) in [5.41, 5.74) is 0.455. The molecule has 1 aromatic heterocycles. The number of halogens is 1. The van der Waals surface area contributed by atoms with E-state index in [1.807, 2.05) is 0 Å². The van der Waals surface area contributed by atoms with Crippen LogP contribution in [0.3, 0.4) is 0 Å². The lowest BCUT2D eigenvalue weighted by atomic mass is 10.2. The van der Waals surface area contributed by atoms with Crippen molar-refractivity contribution in [2.24, 2.45) is 0 Å². The number of anilines is 1. The summed E-state index contributed by atoms with van der Waals surface area (Å²) in [6.07, 6.45) is 2.35. The Kier molecular flexibility index (Phi) is 5.27. The molecule has 0 spiro atoms. The number of methoxy groups -OCH3 is 1. The topological polar surface area (TPSA) is 80.8 Å². The molecule has 7 nitrogen and oxygen atoms in total. The van der Waals surface area contributed by atoms with E-state index in [0.29, 0.717) is 40.9 Å². The Morgan fingerprint density at radius 1 is 1.35 bits per heavy atom. The Balaban J connectivity index is 1.78. The number of hydrogen-bond acceptors (Lipinski definition) is 5. The van der Waals surface area contributed by atoms with Gasteiger partial charge in [0.25, 0.3) is 0 Å². The average Bonchev–Trinajstić information content (AvgIpc) is 2.96. The largest absolute Gasteiger partial charge is 0.495 e. The van der Waals surface area contributed by atoms with Gasteiger partial charge in [0.15, 0.2) is 0 Å². The third kappa shape index (κ3) is 3.88. The summed E-state index contributed by atoms with van der Waals surface area (Å²) in [5.74, 6) is 1.04. The van der Waals surface area contributed by atoms with Crippen molar-refractivity contribution in [1.82, 2.24) is 9.88 Å². The van der Waals surface area contributed by atoms with Crippen LogP contribution in [0.1, 0.15) is 12.8 Å². The number of likely N-dealkylation sites (N-methyl/N-ethyl adjacent to an activating group) is 1. The molecule has 0 saturated carbocycles. The smallest absolute Gasteiger partial charge is 0.247 e. The second-order valence-electron chi connectivity index (χ2n) is 5.83. The number of ether oxygens (including phenoxy) is 2. The maximum atomic E-state index is 12.5. The zero-order chi connectivity index (χ0) is 18.7. The Morgan fingerprint density at radius 2 is 2.15 bits per heavy atom. The minimum absolute atomic E-state index is 0.0389. The van der Waals surface area contributed by atoms with Gasteiger partial charge in [0.1, 0.15) is 17.5 Å². The standard InChI is InChI=1S/C18H18ClN3O4/c1-22-14(5-8-17(22)23)18(24)21-13-9-12(4-6-15(13)25-2)26-16-7-3-11(19)10-20-16/h3-4,6-7,9-10,14H,5,8H2,1-2H3,(H,21,24). The fraction of sp³-hybridized carbons (Fsp3) is 0.278. The van der Waals surface area contributed by atoms with Crippen LogP contribution in [0.5, 0.6) is 17.4 Å². The van der Waals surface area contributed by atoms with Crippen molar-refractivity contribution in [3.05, 3.63) is 41.6 Å². The monoisotopic (exact) mass is 375 g/mol. The summed E-state index contributed by atoms with van der Waals surface area (Å²) in [5, 5.41) is 3.32. The van der Waals surface area contributed by atoms with Crippen LogP contribution in [0, 0.1) is 0 Å². The molecule has 0 bridgehead atoms. The molecular weight excluding hydrogens is 358 g/mol. The molecule has 2 heterocycles.